The highest BCUT2D eigenvalue weighted by Crippen LogP contribution is 2.26. The van der Waals surface area contributed by atoms with E-state index < -0.39 is 5.60 Å². The third-order valence-electron chi connectivity index (χ3n) is 1.71. The molecule has 0 aliphatic heterocycles. The largest absolute Gasteiger partial charge is 0.389 e. The van der Waals surface area contributed by atoms with Gasteiger partial charge in [0.25, 0.3) is 0 Å². The second kappa shape index (κ2) is 4.76. The molecule has 84 valence electrons. The first-order chi connectivity index (χ1) is 6.94. The van der Waals surface area contributed by atoms with Crippen molar-refractivity contribution in [1.82, 2.24) is 9.97 Å². The molecule has 0 saturated heterocycles. The molecule has 0 atom stereocenters. The summed E-state index contributed by atoms with van der Waals surface area (Å²) < 4.78 is 0.761. The van der Waals surface area contributed by atoms with Gasteiger partial charge in [-0.1, -0.05) is 0 Å². The Morgan fingerprint density at radius 3 is 2.53 bits per heavy atom. The summed E-state index contributed by atoms with van der Waals surface area (Å²) in [7, 11) is 1.78. The minimum atomic E-state index is -0.774. The Balaban J connectivity index is 2.78. The second-order valence-corrected chi connectivity index (χ2v) is 4.59. The van der Waals surface area contributed by atoms with Gasteiger partial charge >= 0.3 is 0 Å². The fourth-order valence-corrected chi connectivity index (χ4v) is 1.51. The molecule has 1 aromatic rings. The van der Waals surface area contributed by atoms with Crippen LogP contribution >= 0.6 is 15.9 Å². The lowest BCUT2D eigenvalue weighted by atomic mass is 10.1. The maximum atomic E-state index is 9.56. The molecule has 0 aliphatic carbocycles. The van der Waals surface area contributed by atoms with Crippen LogP contribution in [0.3, 0.4) is 0 Å². The van der Waals surface area contributed by atoms with Crippen molar-refractivity contribution in [3.05, 3.63) is 10.8 Å². The van der Waals surface area contributed by atoms with Crippen LogP contribution in [0, 0.1) is 0 Å². The van der Waals surface area contributed by atoms with Gasteiger partial charge in [0.2, 0.25) is 0 Å². The number of rotatable bonds is 4. The van der Waals surface area contributed by atoms with E-state index in [1.54, 1.807) is 20.9 Å². The monoisotopic (exact) mass is 274 g/mol. The average Bonchev–Trinajstić information content (AvgIpc) is 2.15. The third kappa shape index (κ3) is 3.64. The van der Waals surface area contributed by atoms with Crippen LogP contribution in [0.15, 0.2) is 10.8 Å². The molecular formula is C9H15BrN4O. The summed E-state index contributed by atoms with van der Waals surface area (Å²) in [6, 6.07) is 0. The zero-order valence-electron chi connectivity index (χ0n) is 9.00. The quantitative estimate of drug-likeness (QED) is 0.776. The lowest BCUT2D eigenvalue weighted by Gasteiger charge is -2.18. The van der Waals surface area contributed by atoms with Crippen LogP contribution in [0.5, 0.6) is 0 Å². The second-order valence-electron chi connectivity index (χ2n) is 3.80. The Hall–Kier alpha value is -0.880. The molecule has 0 unspecified atom stereocenters. The molecule has 0 saturated carbocycles. The first-order valence-corrected chi connectivity index (χ1v) is 5.38. The van der Waals surface area contributed by atoms with Gasteiger partial charge in [-0.2, -0.15) is 0 Å². The number of aromatic nitrogens is 2. The molecule has 1 rings (SSSR count). The van der Waals surface area contributed by atoms with Gasteiger partial charge in [-0.05, 0) is 29.8 Å². The molecule has 1 heterocycles. The zero-order chi connectivity index (χ0) is 11.5. The van der Waals surface area contributed by atoms with Crippen LogP contribution < -0.4 is 10.6 Å². The molecule has 0 bridgehead atoms. The average molecular weight is 275 g/mol. The molecular weight excluding hydrogens is 260 g/mol. The normalized spacial score (nSPS) is 11.3. The van der Waals surface area contributed by atoms with Crippen LogP contribution in [-0.4, -0.2) is 34.3 Å². The molecule has 0 radical (unpaired) electrons. The molecule has 5 nitrogen and oxygen atoms in total. The Bertz CT molecular complexity index is 337. The smallest absolute Gasteiger partial charge is 0.146 e. The van der Waals surface area contributed by atoms with E-state index in [0.717, 1.165) is 4.47 Å². The molecule has 0 aliphatic rings. The molecule has 0 aromatic carbocycles. The fraction of sp³-hybridized carbons (Fsp3) is 0.556. The standard InChI is InChI=1S/C9H15BrN4O/c1-9(2,15)4-12-8-6(10)7(11-3)13-5-14-8/h5,15H,4H2,1-3H3,(H2,11,12,13,14). The van der Waals surface area contributed by atoms with Crippen molar-refractivity contribution < 1.29 is 5.11 Å². The van der Waals surface area contributed by atoms with Gasteiger partial charge in [0.1, 0.15) is 22.4 Å². The Morgan fingerprint density at radius 1 is 1.40 bits per heavy atom. The summed E-state index contributed by atoms with van der Waals surface area (Å²) in [5.74, 6) is 1.37. The highest BCUT2D eigenvalue weighted by molar-refractivity contribution is 9.10. The van der Waals surface area contributed by atoms with Crippen molar-refractivity contribution in [2.45, 2.75) is 19.4 Å². The number of halogens is 1. The maximum absolute atomic E-state index is 9.56. The summed E-state index contributed by atoms with van der Waals surface area (Å²) in [6.45, 7) is 3.88. The van der Waals surface area contributed by atoms with Gasteiger partial charge in [-0.25, -0.2) is 9.97 Å². The Morgan fingerprint density at radius 2 is 2.00 bits per heavy atom. The summed E-state index contributed by atoms with van der Waals surface area (Å²) >= 11 is 3.38. The molecule has 0 amide bonds. The van der Waals surface area contributed by atoms with Gasteiger partial charge in [-0.3, -0.25) is 0 Å². The first kappa shape index (κ1) is 12.2. The number of aliphatic hydroxyl groups is 1. The van der Waals surface area contributed by atoms with Crippen LogP contribution in [0.1, 0.15) is 13.8 Å². The topological polar surface area (TPSA) is 70.1 Å². The van der Waals surface area contributed by atoms with Crippen molar-refractivity contribution in [2.24, 2.45) is 0 Å². The number of hydrogen-bond acceptors (Lipinski definition) is 5. The van der Waals surface area contributed by atoms with E-state index in [-0.39, 0.29) is 0 Å². The third-order valence-corrected chi connectivity index (χ3v) is 2.47. The van der Waals surface area contributed by atoms with Crippen molar-refractivity contribution in [1.29, 1.82) is 0 Å². The highest BCUT2D eigenvalue weighted by atomic mass is 79.9. The van der Waals surface area contributed by atoms with Crippen molar-refractivity contribution in [2.75, 3.05) is 24.2 Å². The number of nitrogens with zero attached hydrogens (tertiary/aromatic N) is 2. The molecule has 0 fully saturated rings. The van der Waals surface area contributed by atoms with E-state index in [4.69, 9.17) is 0 Å². The van der Waals surface area contributed by atoms with Crippen molar-refractivity contribution in [3.8, 4) is 0 Å². The lowest BCUT2D eigenvalue weighted by Crippen LogP contribution is -2.29. The van der Waals surface area contributed by atoms with E-state index in [9.17, 15) is 5.11 Å². The van der Waals surface area contributed by atoms with Crippen molar-refractivity contribution >= 4 is 27.6 Å². The SMILES string of the molecule is CNc1ncnc(NCC(C)(C)O)c1Br. The van der Waals surface area contributed by atoms with Gasteiger partial charge in [0.15, 0.2) is 0 Å². The minimum Gasteiger partial charge on any atom is -0.389 e. The molecule has 0 spiro atoms. The van der Waals surface area contributed by atoms with Crippen LogP contribution in [-0.2, 0) is 0 Å². The van der Waals surface area contributed by atoms with E-state index >= 15 is 0 Å². The molecule has 1 aromatic heterocycles. The van der Waals surface area contributed by atoms with Gasteiger partial charge in [-0.15, -0.1) is 0 Å². The molecule has 15 heavy (non-hydrogen) atoms. The Labute approximate surface area is 97.5 Å². The Kier molecular flexibility index (Phi) is 3.87. The van der Waals surface area contributed by atoms with Crippen LogP contribution in [0.2, 0.25) is 0 Å². The summed E-state index contributed by atoms with van der Waals surface area (Å²) in [5.41, 5.74) is -0.774. The van der Waals surface area contributed by atoms with Crippen LogP contribution in [0.25, 0.3) is 0 Å². The van der Waals surface area contributed by atoms with Crippen molar-refractivity contribution in [3.63, 3.8) is 0 Å². The predicted octanol–water partition coefficient (Wildman–Crippen LogP) is 1.46. The number of anilines is 2. The van der Waals surface area contributed by atoms with E-state index in [0.29, 0.717) is 18.2 Å². The summed E-state index contributed by atoms with van der Waals surface area (Å²) in [5, 5.41) is 15.5. The van der Waals surface area contributed by atoms with E-state index in [2.05, 4.69) is 36.5 Å². The molecule has 6 heteroatoms. The fourth-order valence-electron chi connectivity index (χ4n) is 0.967. The first-order valence-electron chi connectivity index (χ1n) is 4.58. The molecule has 3 N–H and O–H groups in total. The number of hydrogen-bond donors (Lipinski definition) is 3. The lowest BCUT2D eigenvalue weighted by molar-refractivity contribution is 0.0944. The van der Waals surface area contributed by atoms with E-state index in [1.807, 2.05) is 0 Å². The van der Waals surface area contributed by atoms with Gasteiger partial charge in [0, 0.05) is 13.6 Å². The van der Waals surface area contributed by atoms with Gasteiger partial charge in [0.05, 0.1) is 5.60 Å². The minimum absolute atomic E-state index is 0.422. The summed E-state index contributed by atoms with van der Waals surface area (Å²) in [4.78, 5) is 8.10. The van der Waals surface area contributed by atoms with Gasteiger partial charge < -0.3 is 15.7 Å². The zero-order valence-corrected chi connectivity index (χ0v) is 10.6. The van der Waals surface area contributed by atoms with E-state index in [1.165, 1.54) is 6.33 Å². The van der Waals surface area contributed by atoms with Crippen LogP contribution in [0.4, 0.5) is 11.6 Å². The highest BCUT2D eigenvalue weighted by Gasteiger charge is 2.14. The number of nitrogens with one attached hydrogen (secondary N) is 2. The summed E-state index contributed by atoms with van der Waals surface area (Å²) in [6.07, 6.45) is 1.46. The maximum Gasteiger partial charge on any atom is 0.146 e. The predicted molar refractivity (Wildman–Crippen MR) is 64.1 cm³/mol.